The number of methoxy groups -OCH3 is 1. The predicted octanol–water partition coefficient (Wildman–Crippen LogP) is 3.98. The molecule has 0 atom stereocenters. The van der Waals surface area contributed by atoms with Crippen LogP contribution >= 0.6 is 11.3 Å². The second-order valence-corrected chi connectivity index (χ2v) is 7.74. The summed E-state index contributed by atoms with van der Waals surface area (Å²) in [5.41, 5.74) is 2.70. The fraction of sp³-hybridized carbons (Fsp3) is 0.217. The van der Waals surface area contributed by atoms with Gasteiger partial charge < -0.3 is 20.7 Å². The van der Waals surface area contributed by atoms with Crippen molar-refractivity contribution < 1.29 is 14.3 Å². The van der Waals surface area contributed by atoms with Gasteiger partial charge in [-0.2, -0.15) is 0 Å². The van der Waals surface area contributed by atoms with Crippen LogP contribution in [-0.4, -0.2) is 25.6 Å². The highest BCUT2D eigenvalue weighted by molar-refractivity contribution is 7.09. The zero-order chi connectivity index (χ0) is 21.2. The highest BCUT2D eigenvalue weighted by Crippen LogP contribution is 2.12. The van der Waals surface area contributed by atoms with Crippen molar-refractivity contribution in [1.29, 1.82) is 0 Å². The normalized spacial score (nSPS) is 10.3. The fourth-order valence-electron chi connectivity index (χ4n) is 2.84. The number of urea groups is 1. The number of carbonyl (C=O) groups is 2. The molecule has 3 amide bonds. The Morgan fingerprint density at radius 3 is 2.33 bits per heavy atom. The van der Waals surface area contributed by atoms with E-state index in [2.05, 4.69) is 16.0 Å². The molecule has 6 nitrogen and oxygen atoms in total. The molecule has 0 saturated carbocycles. The number of benzene rings is 2. The maximum Gasteiger partial charge on any atom is 0.319 e. The highest BCUT2D eigenvalue weighted by Gasteiger charge is 2.06. The van der Waals surface area contributed by atoms with Crippen LogP contribution in [0, 0.1) is 0 Å². The Labute approximate surface area is 180 Å². The van der Waals surface area contributed by atoms with Gasteiger partial charge in [-0.1, -0.05) is 30.3 Å². The summed E-state index contributed by atoms with van der Waals surface area (Å²) in [4.78, 5) is 25.2. The lowest BCUT2D eigenvalue weighted by atomic mass is 10.1. The van der Waals surface area contributed by atoms with Crippen LogP contribution in [0.5, 0.6) is 5.75 Å². The van der Waals surface area contributed by atoms with E-state index in [1.807, 2.05) is 53.9 Å². The van der Waals surface area contributed by atoms with Gasteiger partial charge in [0, 0.05) is 17.1 Å². The zero-order valence-electron chi connectivity index (χ0n) is 16.8. The van der Waals surface area contributed by atoms with Gasteiger partial charge in [-0.15, -0.1) is 11.3 Å². The molecule has 2 aromatic carbocycles. The molecule has 0 aliphatic carbocycles. The molecule has 3 aromatic rings. The molecule has 1 aromatic heterocycles. The first-order chi connectivity index (χ1) is 14.6. The summed E-state index contributed by atoms with van der Waals surface area (Å²) in [5, 5.41) is 10.5. The number of amides is 3. The molecule has 3 rings (SSSR count). The lowest BCUT2D eigenvalue weighted by molar-refractivity contribution is -0.120. The van der Waals surface area contributed by atoms with Gasteiger partial charge >= 0.3 is 6.03 Å². The Morgan fingerprint density at radius 1 is 0.933 bits per heavy atom. The number of thiophene rings is 1. The first kappa shape index (κ1) is 21.4. The monoisotopic (exact) mass is 423 g/mol. The summed E-state index contributed by atoms with van der Waals surface area (Å²) >= 11 is 1.62. The van der Waals surface area contributed by atoms with Gasteiger partial charge in [0.25, 0.3) is 0 Å². The van der Waals surface area contributed by atoms with Gasteiger partial charge in [-0.3, -0.25) is 4.79 Å². The van der Waals surface area contributed by atoms with E-state index in [4.69, 9.17) is 4.74 Å². The van der Waals surface area contributed by atoms with Crippen molar-refractivity contribution in [3.05, 3.63) is 82.0 Å². The molecule has 0 fully saturated rings. The van der Waals surface area contributed by atoms with E-state index in [-0.39, 0.29) is 11.9 Å². The lowest BCUT2D eigenvalue weighted by Crippen LogP contribution is -2.30. The van der Waals surface area contributed by atoms with E-state index in [0.717, 1.165) is 28.2 Å². The van der Waals surface area contributed by atoms with Gasteiger partial charge in [0.2, 0.25) is 5.91 Å². The lowest BCUT2D eigenvalue weighted by Gasteiger charge is -2.09. The molecule has 0 saturated heterocycles. The van der Waals surface area contributed by atoms with Gasteiger partial charge in [0.15, 0.2) is 0 Å². The summed E-state index contributed by atoms with van der Waals surface area (Å²) < 4.78 is 5.13. The predicted molar refractivity (Wildman–Crippen MR) is 120 cm³/mol. The Morgan fingerprint density at radius 2 is 1.67 bits per heavy atom. The van der Waals surface area contributed by atoms with Crippen molar-refractivity contribution in [3.8, 4) is 5.75 Å². The summed E-state index contributed by atoms with van der Waals surface area (Å²) in [5.74, 6) is 0.785. The number of nitrogens with one attached hydrogen (secondary N) is 3. The van der Waals surface area contributed by atoms with Crippen molar-refractivity contribution in [1.82, 2.24) is 10.6 Å². The standard InChI is InChI=1S/C23H25N3O3S/c1-29-20-10-6-17(7-11-20)12-13-24-23(28)26-19-8-4-18(5-9-19)15-22(27)25-16-21-3-2-14-30-21/h2-11,14H,12-13,15-16H2,1H3,(H,25,27)(H2,24,26,28). The van der Waals surface area contributed by atoms with E-state index < -0.39 is 0 Å². The molecule has 3 N–H and O–H groups in total. The van der Waals surface area contributed by atoms with Gasteiger partial charge in [0.1, 0.15) is 5.75 Å². The summed E-state index contributed by atoms with van der Waals surface area (Å²) in [6.45, 7) is 1.08. The third-order valence-corrected chi connectivity index (χ3v) is 5.35. The van der Waals surface area contributed by atoms with Crippen LogP contribution in [0.3, 0.4) is 0 Å². The number of ether oxygens (including phenoxy) is 1. The fourth-order valence-corrected chi connectivity index (χ4v) is 3.49. The minimum Gasteiger partial charge on any atom is -0.497 e. The first-order valence-electron chi connectivity index (χ1n) is 9.68. The van der Waals surface area contributed by atoms with Crippen LogP contribution in [0.2, 0.25) is 0 Å². The maximum atomic E-state index is 12.1. The summed E-state index contributed by atoms with van der Waals surface area (Å²) in [7, 11) is 1.63. The molecule has 1 heterocycles. The average molecular weight is 424 g/mol. The van der Waals surface area contributed by atoms with E-state index in [0.29, 0.717) is 25.2 Å². The molecule has 0 spiro atoms. The van der Waals surface area contributed by atoms with Crippen molar-refractivity contribution in [3.63, 3.8) is 0 Å². The van der Waals surface area contributed by atoms with Crippen LogP contribution in [0.25, 0.3) is 0 Å². The molecule has 0 bridgehead atoms. The molecule has 30 heavy (non-hydrogen) atoms. The number of hydrogen-bond acceptors (Lipinski definition) is 4. The Balaban J connectivity index is 1.37. The Bertz CT molecular complexity index is 939. The van der Waals surface area contributed by atoms with Gasteiger partial charge in [-0.25, -0.2) is 4.79 Å². The van der Waals surface area contributed by atoms with Crippen molar-refractivity contribution in [2.45, 2.75) is 19.4 Å². The average Bonchev–Trinajstić information content (AvgIpc) is 3.28. The smallest absolute Gasteiger partial charge is 0.319 e. The number of rotatable bonds is 9. The Kier molecular flexibility index (Phi) is 7.86. The van der Waals surface area contributed by atoms with E-state index in [1.165, 1.54) is 0 Å². The van der Waals surface area contributed by atoms with E-state index >= 15 is 0 Å². The van der Waals surface area contributed by atoms with Crippen molar-refractivity contribution >= 4 is 29.0 Å². The second-order valence-electron chi connectivity index (χ2n) is 6.71. The number of carbonyl (C=O) groups excluding carboxylic acids is 2. The van der Waals surface area contributed by atoms with Crippen molar-refractivity contribution in [2.24, 2.45) is 0 Å². The van der Waals surface area contributed by atoms with Crippen molar-refractivity contribution in [2.75, 3.05) is 19.0 Å². The van der Waals surface area contributed by atoms with Crippen LogP contribution in [0.1, 0.15) is 16.0 Å². The topological polar surface area (TPSA) is 79.5 Å². The third kappa shape index (κ3) is 6.93. The molecule has 7 heteroatoms. The van der Waals surface area contributed by atoms with Gasteiger partial charge in [-0.05, 0) is 53.3 Å². The maximum absolute atomic E-state index is 12.1. The molecule has 0 aliphatic rings. The Hall–Kier alpha value is -3.32. The molecular weight excluding hydrogens is 398 g/mol. The largest absolute Gasteiger partial charge is 0.497 e. The quantitative estimate of drug-likeness (QED) is 0.487. The highest BCUT2D eigenvalue weighted by atomic mass is 32.1. The molecular formula is C23H25N3O3S. The summed E-state index contributed by atoms with van der Waals surface area (Å²) in [6, 6.07) is 18.7. The molecule has 156 valence electrons. The number of hydrogen-bond donors (Lipinski definition) is 3. The van der Waals surface area contributed by atoms with Crippen LogP contribution in [-0.2, 0) is 24.2 Å². The molecule has 0 aliphatic heterocycles. The molecule has 0 unspecified atom stereocenters. The first-order valence-corrected chi connectivity index (χ1v) is 10.6. The van der Waals surface area contributed by atoms with Crippen LogP contribution in [0.15, 0.2) is 66.0 Å². The number of anilines is 1. The van der Waals surface area contributed by atoms with Crippen LogP contribution < -0.4 is 20.7 Å². The zero-order valence-corrected chi connectivity index (χ0v) is 17.6. The van der Waals surface area contributed by atoms with Gasteiger partial charge in [0.05, 0.1) is 20.1 Å². The van der Waals surface area contributed by atoms with E-state index in [9.17, 15) is 9.59 Å². The van der Waals surface area contributed by atoms with Crippen LogP contribution in [0.4, 0.5) is 10.5 Å². The third-order valence-electron chi connectivity index (χ3n) is 4.47. The minimum absolute atomic E-state index is 0.0274. The van der Waals surface area contributed by atoms with E-state index in [1.54, 1.807) is 30.6 Å². The SMILES string of the molecule is COc1ccc(CCNC(=O)Nc2ccc(CC(=O)NCc3cccs3)cc2)cc1. The second kappa shape index (κ2) is 11.0. The molecule has 0 radical (unpaired) electrons. The minimum atomic E-state index is -0.259. The summed E-state index contributed by atoms with van der Waals surface area (Å²) in [6.07, 6.45) is 1.04.